The highest BCUT2D eigenvalue weighted by Crippen LogP contribution is 2.55. The number of hydroxylamine groups is 2. The Morgan fingerprint density at radius 1 is 1.21 bits per heavy atom. The Labute approximate surface area is 87.6 Å². The molecule has 1 saturated carbocycles. The van der Waals surface area contributed by atoms with Gasteiger partial charge in [-0.25, -0.2) is 0 Å². The van der Waals surface area contributed by atoms with Gasteiger partial charge in [-0.05, 0) is 32.6 Å². The first-order chi connectivity index (χ1) is 6.39. The summed E-state index contributed by atoms with van der Waals surface area (Å²) in [6.07, 6.45) is 4.00. The van der Waals surface area contributed by atoms with E-state index in [1.54, 1.807) is 0 Å². The van der Waals surface area contributed by atoms with Crippen molar-refractivity contribution in [2.75, 3.05) is 7.05 Å². The molecule has 0 aromatic rings. The SMILES string of the molecule is CC1CCCC2N(C)OC(C)(C)C12C. The second-order valence-corrected chi connectivity index (χ2v) is 5.78. The lowest BCUT2D eigenvalue weighted by molar-refractivity contribution is -0.183. The van der Waals surface area contributed by atoms with Gasteiger partial charge in [-0.3, -0.25) is 4.84 Å². The van der Waals surface area contributed by atoms with Gasteiger partial charge in [0.05, 0.1) is 5.60 Å². The fourth-order valence-electron chi connectivity index (χ4n) is 3.62. The lowest BCUT2D eigenvalue weighted by atomic mass is 9.58. The summed E-state index contributed by atoms with van der Waals surface area (Å²) in [5.74, 6) is 0.765. The standard InChI is InChI=1S/C12H23NO/c1-9-7-6-8-10-12(9,4)11(2,3)14-13(10)5/h9-10H,6-8H2,1-5H3. The summed E-state index contributed by atoms with van der Waals surface area (Å²) in [5, 5.41) is 2.11. The van der Waals surface area contributed by atoms with Gasteiger partial charge < -0.3 is 0 Å². The van der Waals surface area contributed by atoms with E-state index in [4.69, 9.17) is 4.84 Å². The molecule has 3 unspecified atom stereocenters. The van der Waals surface area contributed by atoms with Gasteiger partial charge in [0.1, 0.15) is 0 Å². The van der Waals surface area contributed by atoms with E-state index in [9.17, 15) is 0 Å². The smallest absolute Gasteiger partial charge is 0.0915 e. The van der Waals surface area contributed by atoms with Crippen molar-refractivity contribution in [1.29, 1.82) is 0 Å². The van der Waals surface area contributed by atoms with Crippen molar-refractivity contribution < 1.29 is 4.84 Å². The third-order valence-corrected chi connectivity index (χ3v) is 4.94. The molecule has 82 valence electrons. The zero-order valence-electron chi connectivity index (χ0n) is 10.1. The zero-order chi connectivity index (χ0) is 10.6. The topological polar surface area (TPSA) is 12.5 Å². The summed E-state index contributed by atoms with van der Waals surface area (Å²) in [6, 6.07) is 0.612. The van der Waals surface area contributed by atoms with Crippen LogP contribution < -0.4 is 0 Å². The Morgan fingerprint density at radius 2 is 1.86 bits per heavy atom. The molecule has 0 aromatic heterocycles. The molecule has 1 heterocycles. The average molecular weight is 197 g/mol. The molecule has 2 fully saturated rings. The maximum Gasteiger partial charge on any atom is 0.0915 e. The van der Waals surface area contributed by atoms with Crippen LogP contribution in [0.2, 0.25) is 0 Å². The van der Waals surface area contributed by atoms with Crippen LogP contribution in [-0.2, 0) is 4.84 Å². The van der Waals surface area contributed by atoms with Gasteiger partial charge in [-0.15, -0.1) is 0 Å². The lowest BCUT2D eigenvalue weighted by Crippen LogP contribution is -2.51. The highest BCUT2D eigenvalue weighted by atomic mass is 16.7. The van der Waals surface area contributed by atoms with Crippen LogP contribution in [0.4, 0.5) is 0 Å². The van der Waals surface area contributed by atoms with E-state index in [-0.39, 0.29) is 5.60 Å². The summed E-state index contributed by atoms with van der Waals surface area (Å²) in [5.41, 5.74) is 0.312. The normalized spacial score (nSPS) is 47.8. The van der Waals surface area contributed by atoms with Crippen molar-refractivity contribution in [3.05, 3.63) is 0 Å². The van der Waals surface area contributed by atoms with Gasteiger partial charge in [0, 0.05) is 18.5 Å². The Bertz CT molecular complexity index is 238. The van der Waals surface area contributed by atoms with Gasteiger partial charge in [0.2, 0.25) is 0 Å². The Hall–Kier alpha value is -0.0800. The van der Waals surface area contributed by atoms with Crippen molar-refractivity contribution >= 4 is 0 Å². The van der Waals surface area contributed by atoms with E-state index < -0.39 is 0 Å². The number of rotatable bonds is 0. The molecule has 1 aliphatic carbocycles. The lowest BCUT2D eigenvalue weighted by Gasteiger charge is -2.47. The van der Waals surface area contributed by atoms with E-state index in [1.807, 2.05) is 0 Å². The van der Waals surface area contributed by atoms with Crippen molar-refractivity contribution in [1.82, 2.24) is 5.06 Å². The first kappa shape index (κ1) is 10.4. The third kappa shape index (κ3) is 1.10. The number of hydrogen-bond acceptors (Lipinski definition) is 2. The fourth-order valence-corrected chi connectivity index (χ4v) is 3.62. The molecule has 1 aliphatic heterocycles. The molecule has 2 aliphatic rings. The van der Waals surface area contributed by atoms with Gasteiger partial charge in [-0.2, -0.15) is 5.06 Å². The zero-order valence-corrected chi connectivity index (χ0v) is 10.1. The number of nitrogens with zero attached hydrogens (tertiary/aromatic N) is 1. The molecule has 0 radical (unpaired) electrons. The minimum absolute atomic E-state index is 0.00769. The van der Waals surface area contributed by atoms with Crippen LogP contribution in [0.3, 0.4) is 0 Å². The highest BCUT2D eigenvalue weighted by Gasteiger charge is 2.59. The summed E-state index contributed by atoms with van der Waals surface area (Å²) >= 11 is 0. The molecule has 0 amide bonds. The average Bonchev–Trinajstić information content (AvgIpc) is 2.24. The fraction of sp³-hybridized carbons (Fsp3) is 1.00. The molecule has 2 heteroatoms. The molecule has 1 saturated heterocycles. The van der Waals surface area contributed by atoms with Gasteiger partial charge in [-0.1, -0.05) is 20.3 Å². The Morgan fingerprint density at radius 3 is 2.43 bits per heavy atom. The molecular weight excluding hydrogens is 174 g/mol. The first-order valence-corrected chi connectivity index (χ1v) is 5.81. The quantitative estimate of drug-likeness (QED) is 0.592. The molecule has 0 aromatic carbocycles. The second-order valence-electron chi connectivity index (χ2n) is 5.78. The molecule has 2 nitrogen and oxygen atoms in total. The summed E-state index contributed by atoms with van der Waals surface area (Å²) in [7, 11) is 2.09. The molecular formula is C12H23NO. The predicted molar refractivity (Wildman–Crippen MR) is 57.8 cm³/mol. The van der Waals surface area contributed by atoms with E-state index in [0.717, 1.165) is 5.92 Å². The number of hydrogen-bond donors (Lipinski definition) is 0. The van der Waals surface area contributed by atoms with Crippen LogP contribution in [0.15, 0.2) is 0 Å². The third-order valence-electron chi connectivity index (χ3n) is 4.94. The van der Waals surface area contributed by atoms with E-state index in [2.05, 4.69) is 39.8 Å². The van der Waals surface area contributed by atoms with Crippen LogP contribution in [0.1, 0.15) is 47.0 Å². The maximum atomic E-state index is 6.00. The summed E-state index contributed by atoms with van der Waals surface area (Å²) in [6.45, 7) is 9.28. The van der Waals surface area contributed by atoms with E-state index >= 15 is 0 Å². The molecule has 0 spiro atoms. The molecule has 0 N–H and O–H groups in total. The van der Waals surface area contributed by atoms with Crippen molar-refractivity contribution in [3.63, 3.8) is 0 Å². The van der Waals surface area contributed by atoms with Gasteiger partial charge in [0.25, 0.3) is 0 Å². The van der Waals surface area contributed by atoms with E-state index in [1.165, 1.54) is 19.3 Å². The van der Waals surface area contributed by atoms with Crippen LogP contribution >= 0.6 is 0 Å². The largest absolute Gasteiger partial charge is 0.292 e. The molecule has 2 rings (SSSR count). The Kier molecular flexibility index (Phi) is 2.20. The van der Waals surface area contributed by atoms with Crippen LogP contribution in [0.25, 0.3) is 0 Å². The number of fused-ring (bicyclic) bond motifs is 1. The van der Waals surface area contributed by atoms with Gasteiger partial charge in [0.15, 0.2) is 0 Å². The van der Waals surface area contributed by atoms with Crippen LogP contribution in [0.5, 0.6) is 0 Å². The van der Waals surface area contributed by atoms with Crippen molar-refractivity contribution in [3.8, 4) is 0 Å². The van der Waals surface area contributed by atoms with Crippen LogP contribution in [0, 0.1) is 11.3 Å². The summed E-state index contributed by atoms with van der Waals surface area (Å²) < 4.78 is 0. The van der Waals surface area contributed by atoms with Gasteiger partial charge >= 0.3 is 0 Å². The predicted octanol–water partition coefficient (Wildman–Crippen LogP) is 2.84. The molecule has 14 heavy (non-hydrogen) atoms. The van der Waals surface area contributed by atoms with Crippen molar-refractivity contribution in [2.45, 2.75) is 58.6 Å². The monoisotopic (exact) mass is 197 g/mol. The second kappa shape index (κ2) is 2.96. The van der Waals surface area contributed by atoms with Crippen molar-refractivity contribution in [2.24, 2.45) is 11.3 Å². The highest BCUT2D eigenvalue weighted by molar-refractivity contribution is 5.07. The first-order valence-electron chi connectivity index (χ1n) is 5.81. The minimum atomic E-state index is -0.00769. The maximum absolute atomic E-state index is 6.00. The van der Waals surface area contributed by atoms with Crippen LogP contribution in [-0.4, -0.2) is 23.8 Å². The molecule has 0 bridgehead atoms. The van der Waals surface area contributed by atoms with E-state index in [0.29, 0.717) is 11.5 Å². The minimum Gasteiger partial charge on any atom is -0.292 e. The summed E-state index contributed by atoms with van der Waals surface area (Å²) in [4.78, 5) is 6.00. The molecule has 3 atom stereocenters. The Balaban J connectivity index is 2.38.